The molecule has 0 aliphatic heterocycles. The first-order valence-corrected chi connectivity index (χ1v) is 6.64. The number of likely N-dealkylation sites (N-methyl/N-ethyl adjacent to an activating group) is 1. The van der Waals surface area contributed by atoms with Gasteiger partial charge >= 0.3 is 5.97 Å². The van der Waals surface area contributed by atoms with E-state index >= 15 is 0 Å². The van der Waals surface area contributed by atoms with Crippen molar-refractivity contribution in [2.24, 2.45) is 0 Å². The van der Waals surface area contributed by atoms with Crippen LogP contribution in [0.2, 0.25) is 0 Å². The van der Waals surface area contributed by atoms with Crippen molar-refractivity contribution < 1.29 is 19.1 Å². The predicted octanol–water partition coefficient (Wildman–Crippen LogP) is 1.47. The number of furan rings is 1. The second-order valence-electron chi connectivity index (χ2n) is 5.07. The molecule has 20 heavy (non-hydrogen) atoms. The molecule has 2 N–H and O–H groups in total. The van der Waals surface area contributed by atoms with E-state index in [1.807, 2.05) is 6.92 Å². The van der Waals surface area contributed by atoms with Crippen molar-refractivity contribution in [1.29, 1.82) is 0 Å². The van der Waals surface area contributed by atoms with Gasteiger partial charge in [0.15, 0.2) is 0 Å². The van der Waals surface area contributed by atoms with Gasteiger partial charge in [-0.3, -0.25) is 14.9 Å². The fraction of sp³-hybridized carbons (Fsp3) is 0.571. The van der Waals surface area contributed by atoms with Crippen LogP contribution >= 0.6 is 0 Å². The number of rotatable bonds is 8. The van der Waals surface area contributed by atoms with Crippen LogP contribution in [0.25, 0.3) is 0 Å². The Labute approximate surface area is 118 Å². The fourth-order valence-electron chi connectivity index (χ4n) is 1.90. The molecule has 1 rings (SSSR count). The summed E-state index contributed by atoms with van der Waals surface area (Å²) in [5.41, 5.74) is -1.07. The van der Waals surface area contributed by atoms with Gasteiger partial charge in [-0.15, -0.1) is 0 Å². The maximum atomic E-state index is 12.0. The smallest absolute Gasteiger partial charge is 0.323 e. The number of carbonyl (C=O) groups excluding carboxylic acids is 1. The molecule has 1 unspecified atom stereocenters. The molecule has 0 bridgehead atoms. The Morgan fingerprint density at radius 2 is 2.20 bits per heavy atom. The van der Waals surface area contributed by atoms with Crippen molar-refractivity contribution in [2.75, 3.05) is 13.6 Å². The van der Waals surface area contributed by atoms with Crippen LogP contribution in [0.4, 0.5) is 0 Å². The van der Waals surface area contributed by atoms with Crippen LogP contribution in [-0.2, 0) is 16.1 Å². The van der Waals surface area contributed by atoms with Crippen molar-refractivity contribution in [3.05, 3.63) is 24.2 Å². The lowest BCUT2D eigenvalue weighted by Gasteiger charge is -2.26. The third kappa shape index (κ3) is 4.38. The number of hydrogen-bond donors (Lipinski definition) is 2. The van der Waals surface area contributed by atoms with E-state index in [4.69, 9.17) is 4.42 Å². The summed E-state index contributed by atoms with van der Waals surface area (Å²) in [4.78, 5) is 24.7. The Hall–Kier alpha value is -1.82. The van der Waals surface area contributed by atoms with E-state index in [0.717, 1.165) is 6.42 Å². The summed E-state index contributed by atoms with van der Waals surface area (Å²) in [7, 11) is 1.66. The molecule has 0 fully saturated rings. The zero-order valence-electron chi connectivity index (χ0n) is 12.2. The zero-order valence-corrected chi connectivity index (χ0v) is 12.2. The van der Waals surface area contributed by atoms with Crippen molar-refractivity contribution in [3.63, 3.8) is 0 Å². The monoisotopic (exact) mass is 282 g/mol. The van der Waals surface area contributed by atoms with E-state index in [1.165, 1.54) is 4.90 Å². The summed E-state index contributed by atoms with van der Waals surface area (Å²) < 4.78 is 5.17. The Bertz CT molecular complexity index is 444. The molecule has 0 spiro atoms. The summed E-state index contributed by atoms with van der Waals surface area (Å²) in [5.74, 6) is -0.429. The first kappa shape index (κ1) is 16.2. The number of nitrogens with one attached hydrogen (secondary N) is 1. The highest BCUT2D eigenvalue weighted by Gasteiger charge is 2.32. The van der Waals surface area contributed by atoms with Gasteiger partial charge in [-0.2, -0.15) is 0 Å². The number of carbonyl (C=O) groups is 2. The number of carboxylic acids is 1. The Morgan fingerprint density at radius 3 is 2.70 bits per heavy atom. The summed E-state index contributed by atoms with van der Waals surface area (Å²) in [6.07, 6.45) is 2.75. The Kier molecular flexibility index (Phi) is 5.76. The lowest BCUT2D eigenvalue weighted by atomic mass is 9.96. The average Bonchev–Trinajstić information content (AvgIpc) is 2.88. The van der Waals surface area contributed by atoms with E-state index < -0.39 is 11.5 Å². The number of amides is 1. The molecule has 0 saturated heterocycles. The molecule has 1 heterocycles. The molecule has 0 aliphatic rings. The number of carboxylic acid groups (broad SMARTS) is 1. The quantitative estimate of drug-likeness (QED) is 0.754. The second kappa shape index (κ2) is 7.09. The van der Waals surface area contributed by atoms with Crippen LogP contribution in [0.3, 0.4) is 0 Å². The fourth-order valence-corrected chi connectivity index (χ4v) is 1.90. The topological polar surface area (TPSA) is 82.8 Å². The van der Waals surface area contributed by atoms with Gasteiger partial charge in [-0.1, -0.05) is 13.3 Å². The van der Waals surface area contributed by atoms with Crippen LogP contribution in [0.15, 0.2) is 22.8 Å². The van der Waals surface area contributed by atoms with Gasteiger partial charge in [0.25, 0.3) is 0 Å². The first-order valence-electron chi connectivity index (χ1n) is 6.64. The molecule has 0 aliphatic carbocycles. The van der Waals surface area contributed by atoms with E-state index in [-0.39, 0.29) is 12.5 Å². The predicted molar refractivity (Wildman–Crippen MR) is 74.1 cm³/mol. The molecule has 112 valence electrons. The third-order valence-electron chi connectivity index (χ3n) is 3.25. The number of aliphatic carboxylic acids is 1. The Balaban J connectivity index is 2.50. The number of nitrogens with zero attached hydrogens (tertiary/aromatic N) is 1. The zero-order chi connectivity index (χ0) is 15.2. The van der Waals surface area contributed by atoms with E-state index in [2.05, 4.69) is 5.32 Å². The molecule has 6 nitrogen and oxygen atoms in total. The minimum Gasteiger partial charge on any atom is -0.480 e. The molecule has 0 radical (unpaired) electrons. The van der Waals surface area contributed by atoms with Gasteiger partial charge in [0.1, 0.15) is 11.3 Å². The maximum absolute atomic E-state index is 12.0. The second-order valence-corrected chi connectivity index (χ2v) is 5.07. The van der Waals surface area contributed by atoms with Crippen LogP contribution in [0.5, 0.6) is 0 Å². The van der Waals surface area contributed by atoms with Crippen LogP contribution < -0.4 is 5.32 Å². The highest BCUT2D eigenvalue weighted by Crippen LogP contribution is 2.12. The van der Waals surface area contributed by atoms with Gasteiger partial charge in [0.2, 0.25) is 5.91 Å². The molecule has 0 saturated carbocycles. The van der Waals surface area contributed by atoms with Crippen LogP contribution in [0, 0.1) is 0 Å². The van der Waals surface area contributed by atoms with E-state index in [0.29, 0.717) is 18.7 Å². The highest BCUT2D eigenvalue weighted by molar-refractivity contribution is 5.81. The molecular formula is C14H22N2O4. The average molecular weight is 282 g/mol. The molecule has 6 heteroatoms. The molecule has 0 aromatic carbocycles. The maximum Gasteiger partial charge on any atom is 0.323 e. The largest absolute Gasteiger partial charge is 0.480 e. The lowest BCUT2D eigenvalue weighted by molar-refractivity contribution is -0.144. The van der Waals surface area contributed by atoms with Gasteiger partial charge in [-0.25, -0.2) is 0 Å². The Morgan fingerprint density at radius 1 is 1.50 bits per heavy atom. The molecule has 1 amide bonds. The molecular weight excluding hydrogens is 260 g/mol. The SMILES string of the molecule is CCCC(C)(NCC(=O)N(C)Cc1ccco1)C(=O)O. The minimum absolute atomic E-state index is 0.0139. The van der Waals surface area contributed by atoms with Crippen LogP contribution in [-0.4, -0.2) is 41.0 Å². The summed E-state index contributed by atoms with van der Waals surface area (Å²) in [6, 6.07) is 3.55. The van der Waals surface area contributed by atoms with Crippen LogP contribution in [0.1, 0.15) is 32.4 Å². The van der Waals surface area contributed by atoms with Crippen molar-refractivity contribution in [1.82, 2.24) is 10.2 Å². The molecule has 1 atom stereocenters. The van der Waals surface area contributed by atoms with Crippen molar-refractivity contribution in [3.8, 4) is 0 Å². The summed E-state index contributed by atoms with van der Waals surface area (Å²) in [5, 5.41) is 12.1. The van der Waals surface area contributed by atoms with Gasteiger partial charge in [0.05, 0.1) is 19.4 Å². The standard InChI is InChI=1S/C14H22N2O4/c1-4-7-14(2,13(18)19)15-9-12(17)16(3)10-11-6-5-8-20-11/h5-6,8,15H,4,7,9-10H2,1-3H3,(H,18,19). The van der Waals surface area contributed by atoms with Crippen molar-refractivity contribution in [2.45, 2.75) is 38.8 Å². The van der Waals surface area contributed by atoms with E-state index in [1.54, 1.807) is 32.4 Å². The molecule has 1 aromatic heterocycles. The van der Waals surface area contributed by atoms with Crippen molar-refractivity contribution >= 4 is 11.9 Å². The van der Waals surface area contributed by atoms with Gasteiger partial charge < -0.3 is 14.4 Å². The summed E-state index contributed by atoms with van der Waals surface area (Å²) >= 11 is 0. The first-order chi connectivity index (χ1) is 9.39. The number of hydrogen-bond acceptors (Lipinski definition) is 4. The summed E-state index contributed by atoms with van der Waals surface area (Å²) in [6.45, 7) is 3.86. The van der Waals surface area contributed by atoms with E-state index in [9.17, 15) is 14.7 Å². The lowest BCUT2D eigenvalue weighted by Crippen LogP contribution is -2.52. The molecule has 1 aromatic rings. The normalized spacial score (nSPS) is 13.8. The van der Waals surface area contributed by atoms with Gasteiger partial charge in [-0.05, 0) is 25.5 Å². The highest BCUT2D eigenvalue weighted by atomic mass is 16.4. The third-order valence-corrected chi connectivity index (χ3v) is 3.25. The van der Waals surface area contributed by atoms with Gasteiger partial charge in [0, 0.05) is 7.05 Å². The minimum atomic E-state index is -1.07.